The molecule has 7 nitrogen and oxygen atoms in total. The summed E-state index contributed by atoms with van der Waals surface area (Å²) in [6, 6.07) is 6.72. The van der Waals surface area contributed by atoms with E-state index in [1.165, 1.54) is 37.3 Å². The molecule has 0 bridgehead atoms. The molecule has 0 aliphatic rings. The minimum absolute atomic E-state index is 0.235. The fraction of sp³-hybridized carbons (Fsp3) is 0.267. The summed E-state index contributed by atoms with van der Waals surface area (Å²) in [6.07, 6.45) is -0.942. The number of carbonyl (C=O) groups excluding carboxylic acids is 2. The molecule has 1 atom stereocenters. The second kappa shape index (κ2) is 7.39. The van der Waals surface area contributed by atoms with Crippen molar-refractivity contribution < 1.29 is 28.0 Å². The van der Waals surface area contributed by atoms with Gasteiger partial charge in [0, 0.05) is 6.07 Å². The zero-order valence-corrected chi connectivity index (χ0v) is 12.5. The number of ether oxygens (including phenoxy) is 2. The molecule has 1 heterocycles. The molecule has 1 aromatic carbocycles. The van der Waals surface area contributed by atoms with Crippen LogP contribution in [0.25, 0.3) is 0 Å². The third kappa shape index (κ3) is 5.10. The predicted molar refractivity (Wildman–Crippen MR) is 77.3 cm³/mol. The van der Waals surface area contributed by atoms with Gasteiger partial charge in [0.1, 0.15) is 17.3 Å². The average molecular weight is 322 g/mol. The topological polar surface area (TPSA) is 90.7 Å². The Morgan fingerprint density at radius 3 is 2.65 bits per heavy atom. The van der Waals surface area contributed by atoms with E-state index in [1.807, 2.05) is 0 Å². The van der Waals surface area contributed by atoms with Gasteiger partial charge < -0.3 is 19.3 Å². The fourth-order valence-electron chi connectivity index (χ4n) is 1.62. The van der Waals surface area contributed by atoms with Crippen molar-refractivity contribution in [2.75, 3.05) is 11.9 Å². The maximum Gasteiger partial charge on any atom is 0.347 e. The molecule has 0 spiro atoms. The lowest BCUT2D eigenvalue weighted by Gasteiger charge is -2.13. The first-order valence-corrected chi connectivity index (χ1v) is 6.76. The molecule has 2 aromatic rings. The highest BCUT2D eigenvalue weighted by Crippen LogP contribution is 2.13. The van der Waals surface area contributed by atoms with Gasteiger partial charge in [0.05, 0.1) is 0 Å². The highest BCUT2D eigenvalue weighted by molar-refractivity contribution is 5.92. The zero-order chi connectivity index (χ0) is 16.8. The second-order valence-electron chi connectivity index (χ2n) is 4.69. The Bertz CT molecular complexity index is 683. The van der Waals surface area contributed by atoms with E-state index >= 15 is 0 Å². The minimum Gasteiger partial charge on any atom is -0.479 e. The SMILES string of the molecule is Cc1cc(NC(=O)COC(=O)[C@@H](C)Oc2ccc(F)cc2)no1. The van der Waals surface area contributed by atoms with Crippen molar-refractivity contribution in [1.29, 1.82) is 0 Å². The van der Waals surface area contributed by atoms with Crippen LogP contribution < -0.4 is 10.1 Å². The van der Waals surface area contributed by atoms with Gasteiger partial charge in [-0.05, 0) is 38.1 Å². The summed E-state index contributed by atoms with van der Waals surface area (Å²) in [5, 5.41) is 5.99. The van der Waals surface area contributed by atoms with Crippen LogP contribution >= 0.6 is 0 Å². The van der Waals surface area contributed by atoms with Crippen LogP contribution in [-0.2, 0) is 14.3 Å². The van der Waals surface area contributed by atoms with Crippen molar-refractivity contribution in [2.24, 2.45) is 0 Å². The number of esters is 1. The van der Waals surface area contributed by atoms with Crippen molar-refractivity contribution >= 4 is 17.7 Å². The van der Waals surface area contributed by atoms with Crippen molar-refractivity contribution in [2.45, 2.75) is 20.0 Å². The van der Waals surface area contributed by atoms with Crippen LogP contribution in [0.3, 0.4) is 0 Å². The summed E-state index contributed by atoms with van der Waals surface area (Å²) < 4.78 is 27.7. The van der Waals surface area contributed by atoms with E-state index in [1.54, 1.807) is 6.92 Å². The van der Waals surface area contributed by atoms with E-state index in [0.717, 1.165) is 0 Å². The number of carbonyl (C=O) groups is 2. The first-order valence-electron chi connectivity index (χ1n) is 6.76. The lowest BCUT2D eigenvalue weighted by atomic mass is 10.3. The van der Waals surface area contributed by atoms with E-state index in [2.05, 4.69) is 10.5 Å². The molecule has 0 radical (unpaired) electrons. The third-order valence-electron chi connectivity index (χ3n) is 2.70. The number of aromatic nitrogens is 1. The predicted octanol–water partition coefficient (Wildman–Crippen LogP) is 2.07. The molecule has 1 aromatic heterocycles. The number of hydrogen-bond acceptors (Lipinski definition) is 6. The van der Waals surface area contributed by atoms with Crippen LogP contribution in [0.1, 0.15) is 12.7 Å². The highest BCUT2D eigenvalue weighted by Gasteiger charge is 2.18. The molecule has 1 amide bonds. The van der Waals surface area contributed by atoms with Crippen LogP contribution in [-0.4, -0.2) is 29.7 Å². The van der Waals surface area contributed by atoms with Gasteiger partial charge in [-0.1, -0.05) is 5.16 Å². The molecule has 122 valence electrons. The lowest BCUT2D eigenvalue weighted by Crippen LogP contribution is -2.29. The molecule has 8 heteroatoms. The van der Waals surface area contributed by atoms with E-state index in [-0.39, 0.29) is 5.82 Å². The highest BCUT2D eigenvalue weighted by atomic mass is 19.1. The van der Waals surface area contributed by atoms with Gasteiger partial charge in [0.25, 0.3) is 5.91 Å². The summed E-state index contributed by atoms with van der Waals surface area (Å²) in [5.41, 5.74) is 0. The smallest absolute Gasteiger partial charge is 0.347 e. The van der Waals surface area contributed by atoms with Crippen LogP contribution in [0.15, 0.2) is 34.9 Å². The number of nitrogens with zero attached hydrogens (tertiary/aromatic N) is 1. The Morgan fingerprint density at radius 1 is 1.35 bits per heavy atom. The molecule has 1 N–H and O–H groups in total. The van der Waals surface area contributed by atoms with Crippen molar-refractivity contribution in [3.63, 3.8) is 0 Å². The van der Waals surface area contributed by atoms with Gasteiger partial charge in [0.2, 0.25) is 0 Å². The normalized spacial score (nSPS) is 11.6. The molecule has 2 rings (SSSR count). The molecular formula is C15H15FN2O5. The first kappa shape index (κ1) is 16.5. The van der Waals surface area contributed by atoms with Gasteiger partial charge in [-0.15, -0.1) is 0 Å². The number of benzene rings is 1. The first-order chi connectivity index (χ1) is 10.9. The molecule has 23 heavy (non-hydrogen) atoms. The number of aryl methyl sites for hydroxylation is 1. The van der Waals surface area contributed by atoms with Crippen molar-refractivity contribution in [3.8, 4) is 5.75 Å². The number of hydrogen-bond donors (Lipinski definition) is 1. The molecule has 0 fully saturated rings. The molecular weight excluding hydrogens is 307 g/mol. The number of nitrogens with one attached hydrogen (secondary N) is 1. The van der Waals surface area contributed by atoms with Gasteiger partial charge in [0.15, 0.2) is 18.5 Å². The van der Waals surface area contributed by atoms with Gasteiger partial charge in [-0.2, -0.15) is 0 Å². The molecule has 0 saturated heterocycles. The summed E-state index contributed by atoms with van der Waals surface area (Å²) >= 11 is 0. The van der Waals surface area contributed by atoms with Crippen LogP contribution in [0.4, 0.5) is 10.2 Å². The Labute approximate surface area is 131 Å². The Morgan fingerprint density at radius 2 is 2.04 bits per heavy atom. The van der Waals surface area contributed by atoms with Crippen LogP contribution in [0.5, 0.6) is 5.75 Å². The van der Waals surface area contributed by atoms with Gasteiger partial charge in [-0.3, -0.25) is 4.79 Å². The quantitative estimate of drug-likeness (QED) is 0.819. The Hall–Kier alpha value is -2.90. The van der Waals surface area contributed by atoms with E-state index < -0.39 is 30.4 Å². The number of anilines is 1. The maximum atomic E-state index is 12.8. The summed E-state index contributed by atoms with van der Waals surface area (Å²) in [4.78, 5) is 23.3. The number of amides is 1. The third-order valence-corrected chi connectivity index (χ3v) is 2.70. The number of halogens is 1. The molecule has 0 saturated carbocycles. The molecule has 0 aliphatic heterocycles. The molecule has 0 unspecified atom stereocenters. The van der Waals surface area contributed by atoms with Gasteiger partial charge in [-0.25, -0.2) is 9.18 Å². The summed E-state index contributed by atoms with van der Waals surface area (Å²) in [5.74, 6) is -0.593. The van der Waals surface area contributed by atoms with Crippen LogP contribution in [0, 0.1) is 12.7 Å². The van der Waals surface area contributed by atoms with Crippen LogP contribution in [0.2, 0.25) is 0 Å². The van der Waals surface area contributed by atoms with E-state index in [0.29, 0.717) is 11.5 Å². The lowest BCUT2D eigenvalue weighted by molar-refractivity contribution is -0.153. The minimum atomic E-state index is -0.942. The number of rotatable bonds is 6. The zero-order valence-electron chi connectivity index (χ0n) is 12.5. The van der Waals surface area contributed by atoms with Crippen molar-refractivity contribution in [1.82, 2.24) is 5.16 Å². The monoisotopic (exact) mass is 322 g/mol. The summed E-state index contributed by atoms with van der Waals surface area (Å²) in [6.45, 7) is 2.66. The second-order valence-corrected chi connectivity index (χ2v) is 4.69. The van der Waals surface area contributed by atoms with E-state index in [4.69, 9.17) is 14.0 Å². The average Bonchev–Trinajstić information content (AvgIpc) is 2.92. The summed E-state index contributed by atoms with van der Waals surface area (Å²) in [7, 11) is 0. The van der Waals surface area contributed by atoms with Crippen molar-refractivity contribution in [3.05, 3.63) is 41.9 Å². The van der Waals surface area contributed by atoms with E-state index in [9.17, 15) is 14.0 Å². The largest absolute Gasteiger partial charge is 0.479 e. The standard InChI is InChI=1S/C15H15FN2O5/c1-9-7-13(18-23-9)17-14(19)8-21-15(20)10(2)22-12-5-3-11(16)4-6-12/h3-7,10H,8H2,1-2H3,(H,17,18,19)/t10-/m1/s1. The Kier molecular flexibility index (Phi) is 5.29. The Balaban J connectivity index is 1.77. The van der Waals surface area contributed by atoms with Gasteiger partial charge >= 0.3 is 5.97 Å². The molecule has 0 aliphatic carbocycles. The fourth-order valence-corrected chi connectivity index (χ4v) is 1.62. The maximum absolute atomic E-state index is 12.8.